The molecule has 0 aliphatic carbocycles. The quantitative estimate of drug-likeness (QED) is 0.543. The van der Waals surface area contributed by atoms with Crippen LogP contribution in [0.1, 0.15) is 12.2 Å². The summed E-state index contributed by atoms with van der Waals surface area (Å²) in [5.41, 5.74) is 0. The second-order valence-electron chi connectivity index (χ2n) is 2.41. The van der Waals surface area contributed by atoms with Gasteiger partial charge in [0.15, 0.2) is 0 Å². The molecule has 1 aliphatic heterocycles. The summed E-state index contributed by atoms with van der Waals surface area (Å²) in [5.74, 6) is 1.23. The molecule has 0 spiro atoms. The first-order valence-electron chi connectivity index (χ1n) is 3.42. The molecule has 10 heavy (non-hydrogen) atoms. The maximum Gasteiger partial charge on any atom is 0.278 e. The van der Waals surface area contributed by atoms with Crippen LogP contribution in [0.3, 0.4) is 0 Å². The van der Waals surface area contributed by atoms with Crippen LogP contribution in [0, 0.1) is 0 Å². The lowest BCUT2D eigenvalue weighted by molar-refractivity contribution is -0.562. The molecule has 3 nitrogen and oxygen atoms in total. The zero-order chi connectivity index (χ0) is 6.97. The fraction of sp³-hybridized carbons (Fsp3) is 0.667. The third-order valence-corrected chi connectivity index (χ3v) is 2.32. The highest BCUT2D eigenvalue weighted by atomic mass is 32.2. The minimum atomic E-state index is 1.15. The Morgan fingerprint density at radius 3 is 3.40 bits per heavy atom. The van der Waals surface area contributed by atoms with Crippen molar-refractivity contribution in [2.24, 2.45) is 0 Å². The van der Waals surface area contributed by atoms with Gasteiger partial charge in [-0.05, 0) is 11.5 Å². The average molecular weight is 156 g/mol. The van der Waals surface area contributed by atoms with Crippen LogP contribution < -0.4 is 4.09 Å². The Morgan fingerprint density at radius 2 is 2.70 bits per heavy atom. The van der Waals surface area contributed by atoms with Gasteiger partial charge in [-0.25, -0.2) is 4.57 Å². The number of aromatic nitrogens is 3. The number of nitrogens with zero attached hydrogens (tertiary/aromatic N) is 3. The number of aryl methyl sites for hydroxylation is 2. The normalized spacial score (nSPS) is 15.7. The molecule has 0 amide bonds. The number of hydrogen-bond acceptors (Lipinski definition) is 2. The van der Waals surface area contributed by atoms with E-state index in [1.165, 1.54) is 12.2 Å². The zero-order valence-corrected chi connectivity index (χ0v) is 6.77. The molecular formula is C6H10N3S+. The second kappa shape index (κ2) is 2.27. The first kappa shape index (κ1) is 6.22. The van der Waals surface area contributed by atoms with Crippen LogP contribution in [0.25, 0.3) is 0 Å². The van der Waals surface area contributed by atoms with Crippen LogP contribution in [0.15, 0.2) is 6.33 Å². The molecule has 54 valence electrons. The third kappa shape index (κ3) is 0.831. The summed E-state index contributed by atoms with van der Waals surface area (Å²) < 4.78 is 4.13. The Hall–Kier alpha value is -0.510. The Balaban J connectivity index is 2.37. The molecule has 0 atom stereocenters. The summed E-state index contributed by atoms with van der Waals surface area (Å²) in [7, 11) is 0. The van der Waals surface area contributed by atoms with Crippen LogP contribution in [-0.4, -0.2) is 15.9 Å². The molecule has 0 radical (unpaired) electrons. The maximum atomic E-state index is 4.35. The largest absolute Gasteiger partial charge is 0.278 e. The van der Waals surface area contributed by atoms with Crippen LogP contribution >= 0.6 is 11.9 Å². The predicted molar refractivity (Wildman–Crippen MR) is 39.7 cm³/mol. The Morgan fingerprint density at radius 1 is 1.80 bits per heavy atom. The van der Waals surface area contributed by atoms with E-state index in [0.717, 1.165) is 13.0 Å². The average Bonchev–Trinajstić information content (AvgIpc) is 2.42. The van der Waals surface area contributed by atoms with Crippen molar-refractivity contribution >= 4 is 11.9 Å². The van der Waals surface area contributed by atoms with Crippen LogP contribution in [-0.2, 0) is 13.0 Å². The molecule has 0 saturated heterocycles. The molecule has 4 heteroatoms. The van der Waals surface area contributed by atoms with Gasteiger partial charge in [-0.3, -0.25) is 0 Å². The molecule has 0 N–H and O–H groups in total. The van der Waals surface area contributed by atoms with Gasteiger partial charge in [-0.1, -0.05) is 4.09 Å². The van der Waals surface area contributed by atoms with Crippen LogP contribution in [0.5, 0.6) is 0 Å². The minimum absolute atomic E-state index is 1.15. The Bertz CT molecular complexity index is 222. The maximum absolute atomic E-state index is 4.35. The standard InChI is InChI=1S/C6H10N3S/c1-10-9-5-8-4-2-3-6(8)7-9/h5H,2-4H2,1H3/q+1. The molecule has 1 aromatic heterocycles. The zero-order valence-electron chi connectivity index (χ0n) is 5.95. The summed E-state index contributed by atoms with van der Waals surface area (Å²) in [6.45, 7) is 1.15. The second-order valence-corrected chi connectivity index (χ2v) is 3.15. The van der Waals surface area contributed by atoms with Gasteiger partial charge in [-0.2, -0.15) is 0 Å². The van der Waals surface area contributed by atoms with E-state index in [0.29, 0.717) is 0 Å². The number of hydrogen-bond donors (Lipinski definition) is 0. The van der Waals surface area contributed by atoms with E-state index in [9.17, 15) is 0 Å². The van der Waals surface area contributed by atoms with E-state index in [2.05, 4.69) is 16.0 Å². The van der Waals surface area contributed by atoms with Gasteiger partial charge in [0.2, 0.25) is 5.82 Å². The third-order valence-electron chi connectivity index (χ3n) is 1.77. The first-order valence-corrected chi connectivity index (χ1v) is 4.61. The summed E-state index contributed by atoms with van der Waals surface area (Å²) in [6, 6.07) is 0. The molecular weight excluding hydrogens is 146 g/mol. The van der Waals surface area contributed by atoms with Crippen LogP contribution in [0.4, 0.5) is 0 Å². The van der Waals surface area contributed by atoms with Crippen molar-refractivity contribution in [2.45, 2.75) is 19.4 Å². The molecule has 0 bridgehead atoms. The van der Waals surface area contributed by atoms with E-state index >= 15 is 0 Å². The highest BCUT2D eigenvalue weighted by molar-refractivity contribution is 7.92. The molecule has 2 rings (SSSR count). The number of fused-ring (bicyclic) bond motifs is 1. The van der Waals surface area contributed by atoms with Crippen molar-refractivity contribution < 1.29 is 4.09 Å². The molecule has 0 fully saturated rings. The van der Waals surface area contributed by atoms with Crippen LogP contribution in [0.2, 0.25) is 0 Å². The lowest BCUT2D eigenvalue weighted by Gasteiger charge is -1.80. The molecule has 0 unspecified atom stereocenters. The molecule has 2 heterocycles. The van der Waals surface area contributed by atoms with Crippen molar-refractivity contribution in [1.82, 2.24) is 9.67 Å². The summed E-state index contributed by atoms with van der Waals surface area (Å²) in [6.07, 6.45) is 6.50. The van der Waals surface area contributed by atoms with Gasteiger partial charge in [0.25, 0.3) is 6.33 Å². The lowest BCUT2D eigenvalue weighted by Crippen LogP contribution is -2.25. The van der Waals surface area contributed by atoms with Crippen molar-refractivity contribution in [2.75, 3.05) is 6.26 Å². The lowest BCUT2D eigenvalue weighted by atomic mass is 10.4. The fourth-order valence-corrected chi connectivity index (χ4v) is 1.64. The van der Waals surface area contributed by atoms with E-state index in [-0.39, 0.29) is 0 Å². The predicted octanol–water partition coefficient (Wildman–Crippen LogP) is 0.243. The highest BCUT2D eigenvalue weighted by Gasteiger charge is 2.20. The molecule has 0 aromatic carbocycles. The summed E-state index contributed by atoms with van der Waals surface area (Å²) >= 11 is 1.64. The smallest absolute Gasteiger partial charge is 0.216 e. The van der Waals surface area contributed by atoms with Crippen molar-refractivity contribution in [3.63, 3.8) is 0 Å². The van der Waals surface area contributed by atoms with Gasteiger partial charge < -0.3 is 0 Å². The molecule has 0 saturated carbocycles. The SMILES string of the molecule is CS[n+]1cn2c(n1)CCC2. The van der Waals surface area contributed by atoms with Gasteiger partial charge in [0.1, 0.15) is 0 Å². The summed E-state index contributed by atoms with van der Waals surface area (Å²) in [5, 5.41) is 4.35. The Labute approximate surface area is 64.2 Å². The Kier molecular flexibility index (Phi) is 1.41. The van der Waals surface area contributed by atoms with Crippen molar-refractivity contribution in [1.29, 1.82) is 0 Å². The highest BCUT2D eigenvalue weighted by Crippen LogP contribution is 2.09. The first-order chi connectivity index (χ1) is 4.90. The van der Waals surface area contributed by atoms with Gasteiger partial charge in [-0.15, -0.1) is 0 Å². The van der Waals surface area contributed by atoms with Crippen molar-refractivity contribution in [3.8, 4) is 0 Å². The molecule has 1 aromatic rings. The topological polar surface area (TPSA) is 21.7 Å². The van der Waals surface area contributed by atoms with Gasteiger partial charge in [0.05, 0.1) is 18.5 Å². The minimum Gasteiger partial charge on any atom is -0.216 e. The fourth-order valence-electron chi connectivity index (χ4n) is 1.26. The molecule has 1 aliphatic rings. The van der Waals surface area contributed by atoms with E-state index < -0.39 is 0 Å². The van der Waals surface area contributed by atoms with Crippen molar-refractivity contribution in [3.05, 3.63) is 12.2 Å². The van der Waals surface area contributed by atoms with Gasteiger partial charge in [0, 0.05) is 12.7 Å². The monoisotopic (exact) mass is 156 g/mol. The van der Waals surface area contributed by atoms with E-state index in [1.807, 2.05) is 10.3 Å². The number of rotatable bonds is 1. The van der Waals surface area contributed by atoms with E-state index in [1.54, 1.807) is 11.9 Å². The van der Waals surface area contributed by atoms with Gasteiger partial charge >= 0.3 is 0 Å². The summed E-state index contributed by atoms with van der Waals surface area (Å²) in [4.78, 5) is 0. The van der Waals surface area contributed by atoms with E-state index in [4.69, 9.17) is 0 Å².